The Kier molecular flexibility index (Phi) is 2.83. The number of nitrogens with zero attached hydrogens (tertiary/aromatic N) is 1. The molecule has 5 heteroatoms. The molecule has 0 amide bonds. The average Bonchev–Trinajstić information content (AvgIpc) is 3.04. The van der Waals surface area contributed by atoms with Gasteiger partial charge in [0.25, 0.3) is 0 Å². The second kappa shape index (κ2) is 4.51. The Balaban J connectivity index is 2.05. The summed E-state index contributed by atoms with van der Waals surface area (Å²) >= 11 is 1.53. The Morgan fingerprint density at radius 3 is 2.89 bits per heavy atom. The van der Waals surface area contributed by atoms with E-state index in [0.717, 1.165) is 21.8 Å². The smallest absolute Gasteiger partial charge is 0.359 e. The normalized spacial score (nSPS) is 16.8. The molecule has 0 aliphatic carbocycles. The Labute approximate surface area is 114 Å². The lowest BCUT2D eigenvalue weighted by molar-refractivity contribution is -0.136. The SMILES string of the molecule is Cc1cc(C)c(C=C2C(=O)ON=C2c2cccs2)[nH]1. The van der Waals surface area contributed by atoms with Gasteiger partial charge in [-0.2, -0.15) is 0 Å². The number of aryl methyl sites for hydroxylation is 2. The van der Waals surface area contributed by atoms with E-state index in [9.17, 15) is 4.79 Å². The molecule has 0 fully saturated rings. The predicted octanol–water partition coefficient (Wildman–Crippen LogP) is 3.04. The van der Waals surface area contributed by atoms with Crippen molar-refractivity contribution in [3.05, 3.63) is 51.0 Å². The molecule has 1 aliphatic rings. The Hall–Kier alpha value is -2.14. The summed E-state index contributed by atoms with van der Waals surface area (Å²) in [5.41, 5.74) is 4.16. The third kappa shape index (κ3) is 2.13. The van der Waals surface area contributed by atoms with Gasteiger partial charge in [-0.05, 0) is 43.0 Å². The summed E-state index contributed by atoms with van der Waals surface area (Å²) in [6, 6.07) is 5.88. The third-order valence-electron chi connectivity index (χ3n) is 2.93. The third-order valence-corrected chi connectivity index (χ3v) is 3.80. The quantitative estimate of drug-likeness (QED) is 0.675. The van der Waals surface area contributed by atoms with E-state index in [4.69, 9.17) is 4.84 Å². The van der Waals surface area contributed by atoms with Crippen LogP contribution in [0.4, 0.5) is 0 Å². The van der Waals surface area contributed by atoms with Crippen LogP contribution in [0.2, 0.25) is 0 Å². The van der Waals surface area contributed by atoms with Crippen LogP contribution >= 0.6 is 11.3 Å². The van der Waals surface area contributed by atoms with E-state index >= 15 is 0 Å². The minimum atomic E-state index is -0.407. The van der Waals surface area contributed by atoms with Gasteiger partial charge in [0.1, 0.15) is 5.71 Å². The number of aromatic nitrogens is 1. The molecule has 3 heterocycles. The molecule has 0 unspecified atom stereocenters. The number of hydrogen-bond acceptors (Lipinski definition) is 4. The molecule has 4 nitrogen and oxygen atoms in total. The zero-order valence-corrected chi connectivity index (χ0v) is 11.4. The molecule has 0 aromatic carbocycles. The van der Waals surface area contributed by atoms with Crippen molar-refractivity contribution in [3.63, 3.8) is 0 Å². The fourth-order valence-corrected chi connectivity index (χ4v) is 2.76. The summed E-state index contributed by atoms with van der Waals surface area (Å²) < 4.78 is 0. The maximum atomic E-state index is 11.8. The lowest BCUT2D eigenvalue weighted by atomic mass is 10.1. The van der Waals surface area contributed by atoms with E-state index < -0.39 is 5.97 Å². The molecule has 2 aromatic rings. The van der Waals surface area contributed by atoms with Crippen molar-refractivity contribution in [2.75, 3.05) is 0 Å². The van der Waals surface area contributed by atoms with Gasteiger partial charge in [-0.3, -0.25) is 0 Å². The molecule has 1 aliphatic heterocycles. The van der Waals surface area contributed by atoms with Gasteiger partial charge in [-0.1, -0.05) is 11.2 Å². The molecule has 0 atom stereocenters. The fourth-order valence-electron chi connectivity index (χ4n) is 2.04. The van der Waals surface area contributed by atoms with Crippen LogP contribution in [0.5, 0.6) is 0 Å². The lowest BCUT2D eigenvalue weighted by Gasteiger charge is -1.97. The number of H-pyrrole nitrogens is 1. The van der Waals surface area contributed by atoms with Gasteiger partial charge in [0.15, 0.2) is 0 Å². The van der Waals surface area contributed by atoms with E-state index in [1.807, 2.05) is 37.4 Å². The molecule has 1 N–H and O–H groups in total. The fraction of sp³-hybridized carbons (Fsp3) is 0.143. The Bertz CT molecular complexity index is 693. The minimum Gasteiger partial charge on any atom is -0.359 e. The summed E-state index contributed by atoms with van der Waals surface area (Å²) in [4.78, 5) is 20.7. The molecule has 3 rings (SSSR count). The van der Waals surface area contributed by atoms with E-state index in [1.54, 1.807) is 6.08 Å². The molecule has 19 heavy (non-hydrogen) atoms. The van der Waals surface area contributed by atoms with Gasteiger partial charge >= 0.3 is 5.97 Å². The second-order valence-electron chi connectivity index (χ2n) is 4.40. The van der Waals surface area contributed by atoms with Gasteiger partial charge in [0.05, 0.1) is 10.5 Å². The number of carbonyl (C=O) groups is 1. The maximum Gasteiger partial charge on any atom is 0.368 e. The molecule has 0 bridgehead atoms. The predicted molar refractivity (Wildman–Crippen MR) is 75.2 cm³/mol. The summed E-state index contributed by atoms with van der Waals surface area (Å²) in [5.74, 6) is -0.407. The number of thiophene rings is 1. The summed E-state index contributed by atoms with van der Waals surface area (Å²) in [5, 5.41) is 5.82. The first-order valence-electron chi connectivity index (χ1n) is 5.86. The highest BCUT2D eigenvalue weighted by Gasteiger charge is 2.27. The van der Waals surface area contributed by atoms with Crippen molar-refractivity contribution in [3.8, 4) is 0 Å². The molecule has 96 valence electrons. The van der Waals surface area contributed by atoms with E-state index in [0.29, 0.717) is 11.3 Å². The lowest BCUT2D eigenvalue weighted by Crippen LogP contribution is -2.05. The van der Waals surface area contributed by atoms with Crippen molar-refractivity contribution >= 4 is 29.1 Å². The number of hydrogen-bond donors (Lipinski definition) is 1. The number of carbonyl (C=O) groups excluding carboxylic acids is 1. The van der Waals surface area contributed by atoms with Crippen LogP contribution in [0.3, 0.4) is 0 Å². The van der Waals surface area contributed by atoms with Crippen LogP contribution in [0, 0.1) is 13.8 Å². The molecular formula is C14H12N2O2S. The van der Waals surface area contributed by atoms with Crippen molar-refractivity contribution in [1.29, 1.82) is 0 Å². The first kappa shape index (κ1) is 11.9. The van der Waals surface area contributed by atoms with Gasteiger partial charge in [0.2, 0.25) is 0 Å². The van der Waals surface area contributed by atoms with Crippen molar-refractivity contribution in [2.45, 2.75) is 13.8 Å². The molecule has 2 aromatic heterocycles. The summed E-state index contributed by atoms with van der Waals surface area (Å²) in [6.45, 7) is 3.98. The highest BCUT2D eigenvalue weighted by Crippen LogP contribution is 2.24. The monoisotopic (exact) mass is 272 g/mol. The van der Waals surface area contributed by atoms with Crippen LogP contribution in [0.25, 0.3) is 6.08 Å². The standard InChI is InChI=1S/C14H12N2O2S/c1-8-6-9(2)15-11(8)7-10-13(16-18-14(10)17)12-4-3-5-19-12/h3-7,15H,1-2H3. The van der Waals surface area contributed by atoms with E-state index in [-0.39, 0.29) is 0 Å². The van der Waals surface area contributed by atoms with Crippen molar-refractivity contribution in [2.24, 2.45) is 5.16 Å². The van der Waals surface area contributed by atoms with Crippen LogP contribution in [0.15, 0.2) is 34.3 Å². The van der Waals surface area contributed by atoms with Crippen molar-refractivity contribution in [1.82, 2.24) is 4.98 Å². The number of nitrogens with one attached hydrogen (secondary N) is 1. The zero-order valence-electron chi connectivity index (χ0n) is 10.6. The van der Waals surface area contributed by atoms with Gasteiger partial charge < -0.3 is 9.82 Å². The minimum absolute atomic E-state index is 0.407. The summed E-state index contributed by atoms with van der Waals surface area (Å²) in [6.07, 6.45) is 1.80. The molecule has 0 radical (unpaired) electrons. The average molecular weight is 272 g/mol. The Morgan fingerprint density at radius 2 is 2.26 bits per heavy atom. The van der Waals surface area contributed by atoms with Crippen molar-refractivity contribution < 1.29 is 9.63 Å². The first-order chi connectivity index (χ1) is 9.15. The van der Waals surface area contributed by atoms with Crippen LogP contribution < -0.4 is 0 Å². The number of aromatic amines is 1. The van der Waals surface area contributed by atoms with Crippen LogP contribution in [0.1, 0.15) is 21.8 Å². The second-order valence-corrected chi connectivity index (χ2v) is 5.35. The van der Waals surface area contributed by atoms with E-state index in [1.165, 1.54) is 11.3 Å². The number of oxime groups is 1. The summed E-state index contributed by atoms with van der Waals surface area (Å²) in [7, 11) is 0. The maximum absolute atomic E-state index is 11.8. The number of rotatable bonds is 2. The van der Waals surface area contributed by atoms with Gasteiger partial charge in [-0.15, -0.1) is 11.3 Å². The Morgan fingerprint density at radius 1 is 1.42 bits per heavy atom. The molecule has 0 spiro atoms. The highest BCUT2D eigenvalue weighted by molar-refractivity contribution is 7.12. The van der Waals surface area contributed by atoms with Gasteiger partial charge in [-0.25, -0.2) is 4.79 Å². The van der Waals surface area contributed by atoms with E-state index in [2.05, 4.69) is 10.1 Å². The highest BCUT2D eigenvalue weighted by atomic mass is 32.1. The first-order valence-corrected chi connectivity index (χ1v) is 6.74. The topological polar surface area (TPSA) is 54.4 Å². The zero-order chi connectivity index (χ0) is 13.4. The molecular weight excluding hydrogens is 260 g/mol. The van der Waals surface area contributed by atoms with Crippen LogP contribution in [-0.4, -0.2) is 16.7 Å². The molecule has 0 saturated carbocycles. The largest absolute Gasteiger partial charge is 0.368 e. The van der Waals surface area contributed by atoms with Crippen LogP contribution in [-0.2, 0) is 9.63 Å². The van der Waals surface area contributed by atoms with Gasteiger partial charge in [0, 0.05) is 11.4 Å². The molecule has 0 saturated heterocycles.